The molecule has 3 atom stereocenters. The number of aliphatic hydroxyl groups excluding tert-OH is 1. The molecule has 2 nitrogen and oxygen atoms in total. The number of rotatable bonds is 2. The molecule has 2 aliphatic carbocycles. The Labute approximate surface area is 99.8 Å². The van der Waals surface area contributed by atoms with Gasteiger partial charge in [-0.05, 0) is 50.4 Å². The Kier molecular flexibility index (Phi) is 4.26. The third-order valence-corrected chi connectivity index (χ3v) is 4.60. The van der Waals surface area contributed by atoms with E-state index in [1.807, 2.05) is 0 Å². The Hall–Kier alpha value is -0.0800. The minimum atomic E-state index is -0.0271. The van der Waals surface area contributed by atoms with Gasteiger partial charge in [0.1, 0.15) is 0 Å². The van der Waals surface area contributed by atoms with Gasteiger partial charge in [-0.2, -0.15) is 0 Å². The zero-order valence-electron chi connectivity index (χ0n) is 10.8. The summed E-state index contributed by atoms with van der Waals surface area (Å²) in [5.74, 6) is 1.73. The maximum Gasteiger partial charge on any atom is 0.0541 e. The van der Waals surface area contributed by atoms with Gasteiger partial charge in [0.15, 0.2) is 0 Å². The Morgan fingerprint density at radius 1 is 0.938 bits per heavy atom. The summed E-state index contributed by atoms with van der Waals surface area (Å²) in [5.41, 5.74) is 0. The molecule has 0 aromatic carbocycles. The van der Waals surface area contributed by atoms with Crippen LogP contribution in [0.1, 0.15) is 58.8 Å². The fourth-order valence-electron chi connectivity index (χ4n) is 3.31. The molecule has 16 heavy (non-hydrogen) atoms. The lowest BCUT2D eigenvalue weighted by Gasteiger charge is -2.37. The molecule has 0 radical (unpaired) electrons. The summed E-state index contributed by atoms with van der Waals surface area (Å²) in [6.45, 7) is 4.77. The van der Waals surface area contributed by atoms with Crippen LogP contribution in [0.15, 0.2) is 0 Å². The number of hydrogen-bond donors (Lipinski definition) is 2. The van der Waals surface area contributed by atoms with Crippen molar-refractivity contribution in [2.45, 2.75) is 77.0 Å². The van der Waals surface area contributed by atoms with Gasteiger partial charge in [-0.25, -0.2) is 0 Å². The third-order valence-electron chi connectivity index (χ3n) is 4.60. The van der Waals surface area contributed by atoms with Crippen molar-refractivity contribution >= 4 is 0 Å². The summed E-state index contributed by atoms with van der Waals surface area (Å²) in [7, 11) is 0. The van der Waals surface area contributed by atoms with E-state index >= 15 is 0 Å². The predicted molar refractivity (Wildman–Crippen MR) is 67.4 cm³/mol. The van der Waals surface area contributed by atoms with Crippen molar-refractivity contribution in [3.05, 3.63) is 0 Å². The Bertz CT molecular complexity index is 211. The smallest absolute Gasteiger partial charge is 0.0541 e. The lowest BCUT2D eigenvalue weighted by Crippen LogP contribution is -2.46. The van der Waals surface area contributed by atoms with E-state index in [9.17, 15) is 5.11 Å². The van der Waals surface area contributed by atoms with Crippen molar-refractivity contribution < 1.29 is 5.11 Å². The first-order valence-corrected chi connectivity index (χ1v) is 7.09. The molecule has 2 aliphatic rings. The van der Waals surface area contributed by atoms with Crippen LogP contribution in [0.5, 0.6) is 0 Å². The molecule has 0 aromatic rings. The van der Waals surface area contributed by atoms with Gasteiger partial charge in [0.05, 0.1) is 6.10 Å². The summed E-state index contributed by atoms with van der Waals surface area (Å²) in [6.07, 6.45) is 8.43. The van der Waals surface area contributed by atoms with E-state index in [-0.39, 0.29) is 6.10 Å². The molecule has 2 heteroatoms. The van der Waals surface area contributed by atoms with Crippen LogP contribution in [0.4, 0.5) is 0 Å². The highest BCUT2D eigenvalue weighted by Gasteiger charge is 2.28. The molecule has 2 saturated carbocycles. The van der Waals surface area contributed by atoms with Gasteiger partial charge in [-0.15, -0.1) is 0 Å². The first-order chi connectivity index (χ1) is 7.65. The topological polar surface area (TPSA) is 32.3 Å². The largest absolute Gasteiger partial charge is 0.393 e. The summed E-state index contributed by atoms with van der Waals surface area (Å²) < 4.78 is 0. The molecule has 2 fully saturated rings. The lowest BCUT2D eigenvalue weighted by molar-refractivity contribution is 0.106. The van der Waals surface area contributed by atoms with E-state index in [1.165, 1.54) is 32.1 Å². The zero-order chi connectivity index (χ0) is 11.5. The van der Waals surface area contributed by atoms with Gasteiger partial charge >= 0.3 is 0 Å². The van der Waals surface area contributed by atoms with Crippen LogP contribution >= 0.6 is 0 Å². The quantitative estimate of drug-likeness (QED) is 0.757. The molecule has 0 aromatic heterocycles. The highest BCUT2D eigenvalue weighted by Crippen LogP contribution is 2.30. The molecular formula is C14H27NO. The zero-order valence-corrected chi connectivity index (χ0v) is 10.8. The first kappa shape index (κ1) is 12.4. The molecule has 94 valence electrons. The van der Waals surface area contributed by atoms with E-state index in [2.05, 4.69) is 19.2 Å². The fourth-order valence-corrected chi connectivity index (χ4v) is 3.31. The predicted octanol–water partition coefficient (Wildman–Crippen LogP) is 2.70. The fraction of sp³-hybridized carbons (Fsp3) is 1.00. The molecule has 0 spiro atoms. The van der Waals surface area contributed by atoms with E-state index in [4.69, 9.17) is 0 Å². The average molecular weight is 225 g/mol. The van der Waals surface area contributed by atoms with Crippen LogP contribution < -0.4 is 5.32 Å². The molecule has 2 N–H and O–H groups in total. The van der Waals surface area contributed by atoms with Gasteiger partial charge in [0.2, 0.25) is 0 Å². The molecule has 0 heterocycles. The number of nitrogens with one attached hydrogen (secondary N) is 1. The van der Waals surface area contributed by atoms with Gasteiger partial charge in [-0.3, -0.25) is 0 Å². The average Bonchev–Trinajstić information content (AvgIpc) is 2.27. The highest BCUT2D eigenvalue weighted by molar-refractivity contribution is 4.86. The molecule has 0 saturated heterocycles. The normalized spacial score (nSPS) is 45.6. The van der Waals surface area contributed by atoms with Gasteiger partial charge in [0.25, 0.3) is 0 Å². The van der Waals surface area contributed by atoms with Crippen molar-refractivity contribution in [2.24, 2.45) is 11.8 Å². The molecule has 2 rings (SSSR count). The van der Waals surface area contributed by atoms with Gasteiger partial charge in [0, 0.05) is 12.1 Å². The minimum Gasteiger partial charge on any atom is -0.393 e. The summed E-state index contributed by atoms with van der Waals surface area (Å²) in [4.78, 5) is 0. The summed E-state index contributed by atoms with van der Waals surface area (Å²) in [5, 5.41) is 13.3. The summed E-state index contributed by atoms with van der Waals surface area (Å²) in [6, 6.07) is 1.39. The molecule has 0 aliphatic heterocycles. The third kappa shape index (κ3) is 3.21. The van der Waals surface area contributed by atoms with Crippen molar-refractivity contribution in [3.8, 4) is 0 Å². The van der Waals surface area contributed by atoms with Gasteiger partial charge in [-0.1, -0.05) is 20.3 Å². The standard InChI is InChI=1S/C14H27NO/c1-10-3-4-11(2)14(9-10)15-12-5-7-13(16)8-6-12/h10-16H,3-9H2,1-2H3. The van der Waals surface area contributed by atoms with Crippen molar-refractivity contribution in [3.63, 3.8) is 0 Å². The van der Waals surface area contributed by atoms with Crippen molar-refractivity contribution in [1.82, 2.24) is 5.32 Å². The Morgan fingerprint density at radius 2 is 1.62 bits per heavy atom. The monoisotopic (exact) mass is 225 g/mol. The van der Waals surface area contributed by atoms with Crippen LogP contribution in [-0.4, -0.2) is 23.3 Å². The van der Waals surface area contributed by atoms with Gasteiger partial charge < -0.3 is 10.4 Å². The molecule has 0 amide bonds. The highest BCUT2D eigenvalue weighted by atomic mass is 16.3. The van der Waals surface area contributed by atoms with Crippen LogP contribution in [0, 0.1) is 11.8 Å². The van der Waals surface area contributed by atoms with E-state index in [0.29, 0.717) is 6.04 Å². The second-order valence-electron chi connectivity index (χ2n) is 6.17. The Morgan fingerprint density at radius 3 is 2.31 bits per heavy atom. The molecular weight excluding hydrogens is 198 g/mol. The molecule has 3 unspecified atom stereocenters. The maximum absolute atomic E-state index is 9.50. The lowest BCUT2D eigenvalue weighted by atomic mass is 9.79. The number of hydrogen-bond acceptors (Lipinski definition) is 2. The van der Waals surface area contributed by atoms with E-state index in [1.54, 1.807) is 0 Å². The van der Waals surface area contributed by atoms with Crippen LogP contribution in [0.3, 0.4) is 0 Å². The molecule has 0 bridgehead atoms. The number of aliphatic hydroxyl groups is 1. The van der Waals surface area contributed by atoms with Crippen LogP contribution in [-0.2, 0) is 0 Å². The maximum atomic E-state index is 9.50. The summed E-state index contributed by atoms with van der Waals surface area (Å²) >= 11 is 0. The SMILES string of the molecule is CC1CCC(C)C(NC2CCC(O)CC2)C1. The van der Waals surface area contributed by atoms with E-state index in [0.717, 1.165) is 30.7 Å². The van der Waals surface area contributed by atoms with Crippen molar-refractivity contribution in [2.75, 3.05) is 0 Å². The first-order valence-electron chi connectivity index (χ1n) is 7.09. The van der Waals surface area contributed by atoms with Crippen LogP contribution in [0.25, 0.3) is 0 Å². The van der Waals surface area contributed by atoms with Crippen molar-refractivity contribution in [1.29, 1.82) is 0 Å². The van der Waals surface area contributed by atoms with E-state index < -0.39 is 0 Å². The second-order valence-corrected chi connectivity index (χ2v) is 6.17. The second kappa shape index (κ2) is 5.50. The minimum absolute atomic E-state index is 0.0271. The van der Waals surface area contributed by atoms with Crippen LogP contribution in [0.2, 0.25) is 0 Å². The Balaban J connectivity index is 1.79.